The van der Waals surface area contributed by atoms with E-state index in [-0.39, 0.29) is 16.9 Å². The molecular weight excluding hydrogens is 424 g/mol. The molecule has 0 amide bonds. The van der Waals surface area contributed by atoms with E-state index >= 15 is 0 Å². The second-order valence-electron chi connectivity index (χ2n) is 8.43. The average Bonchev–Trinajstić information content (AvgIpc) is 3.54. The Morgan fingerprint density at radius 1 is 1.16 bits per heavy atom. The maximum Gasteiger partial charge on any atom is 0.243 e. The first-order chi connectivity index (χ1) is 15.5. The summed E-state index contributed by atoms with van der Waals surface area (Å²) in [4.78, 5) is 0.280. The van der Waals surface area contributed by atoms with Gasteiger partial charge in [-0.2, -0.15) is 9.40 Å². The van der Waals surface area contributed by atoms with Crippen LogP contribution in [0.25, 0.3) is 22.0 Å². The molecule has 5 rings (SSSR count). The lowest BCUT2D eigenvalue weighted by Crippen LogP contribution is -2.34. The van der Waals surface area contributed by atoms with E-state index in [0.29, 0.717) is 12.3 Å². The molecule has 0 bridgehead atoms. The first kappa shape index (κ1) is 20.8. The summed E-state index contributed by atoms with van der Waals surface area (Å²) >= 11 is 0. The topological polar surface area (TPSA) is 80.2 Å². The predicted octanol–water partition coefficient (Wildman–Crippen LogP) is 4.14. The number of aromatic amines is 1. The van der Waals surface area contributed by atoms with Crippen molar-refractivity contribution >= 4 is 20.9 Å². The number of benzene rings is 2. The quantitative estimate of drug-likeness (QED) is 0.479. The molecule has 4 aromatic rings. The Labute approximate surface area is 187 Å². The van der Waals surface area contributed by atoms with Crippen molar-refractivity contribution in [2.75, 3.05) is 13.7 Å². The van der Waals surface area contributed by atoms with E-state index in [1.807, 2.05) is 19.3 Å². The maximum atomic E-state index is 13.3. The van der Waals surface area contributed by atoms with Gasteiger partial charge >= 0.3 is 0 Å². The molecule has 2 aromatic heterocycles. The van der Waals surface area contributed by atoms with Gasteiger partial charge in [0.25, 0.3) is 0 Å². The highest BCUT2D eigenvalue weighted by Gasteiger charge is 2.38. The molecule has 0 spiro atoms. The van der Waals surface area contributed by atoms with Crippen LogP contribution in [0.3, 0.4) is 0 Å². The SMILES string of the molecule is COc1cccc(S(=O)(=O)N2C[C@@H](Cn3ccc4cc(-c5cn[nH]c5)ccc43)C[C@@H]2C)c1. The van der Waals surface area contributed by atoms with E-state index in [1.165, 1.54) is 0 Å². The van der Waals surface area contributed by atoms with Crippen LogP contribution in [-0.2, 0) is 16.6 Å². The number of H-pyrrole nitrogens is 1. The van der Waals surface area contributed by atoms with Crippen LogP contribution in [0, 0.1) is 5.92 Å². The minimum atomic E-state index is -3.57. The second-order valence-corrected chi connectivity index (χ2v) is 10.3. The number of methoxy groups -OCH3 is 1. The first-order valence-electron chi connectivity index (χ1n) is 10.7. The molecule has 7 nitrogen and oxygen atoms in total. The molecule has 8 heteroatoms. The summed E-state index contributed by atoms with van der Waals surface area (Å²) in [5.41, 5.74) is 3.33. The molecule has 32 heavy (non-hydrogen) atoms. The fourth-order valence-corrected chi connectivity index (χ4v) is 6.45. The largest absolute Gasteiger partial charge is 0.497 e. The number of hydrogen-bond donors (Lipinski definition) is 1. The number of ether oxygens (including phenoxy) is 1. The molecule has 2 atom stereocenters. The average molecular weight is 451 g/mol. The van der Waals surface area contributed by atoms with E-state index in [0.717, 1.165) is 35.0 Å². The van der Waals surface area contributed by atoms with Gasteiger partial charge in [0.15, 0.2) is 0 Å². The van der Waals surface area contributed by atoms with E-state index in [4.69, 9.17) is 4.74 Å². The monoisotopic (exact) mass is 450 g/mol. The number of hydrogen-bond acceptors (Lipinski definition) is 4. The third-order valence-electron chi connectivity index (χ3n) is 6.31. The van der Waals surface area contributed by atoms with Crippen LogP contribution in [0.4, 0.5) is 0 Å². The molecule has 1 N–H and O–H groups in total. The Morgan fingerprint density at radius 3 is 2.81 bits per heavy atom. The fraction of sp³-hybridized carbons (Fsp3) is 0.292. The van der Waals surface area contributed by atoms with E-state index in [1.54, 1.807) is 35.7 Å². The predicted molar refractivity (Wildman–Crippen MR) is 124 cm³/mol. The first-order valence-corrected chi connectivity index (χ1v) is 12.1. The second kappa shape index (κ2) is 8.11. The van der Waals surface area contributed by atoms with Gasteiger partial charge in [0.05, 0.1) is 18.2 Å². The van der Waals surface area contributed by atoms with Crippen molar-refractivity contribution in [2.24, 2.45) is 5.92 Å². The Bertz CT molecular complexity index is 1340. The molecule has 1 fully saturated rings. The summed E-state index contributed by atoms with van der Waals surface area (Å²) in [7, 11) is -2.03. The number of aromatic nitrogens is 3. The zero-order valence-electron chi connectivity index (χ0n) is 18.1. The van der Waals surface area contributed by atoms with E-state index in [2.05, 4.69) is 45.2 Å². The van der Waals surface area contributed by atoms with Crippen molar-refractivity contribution in [1.29, 1.82) is 0 Å². The minimum Gasteiger partial charge on any atom is -0.497 e. The summed E-state index contributed by atoms with van der Waals surface area (Å²) in [6, 6.07) is 15.1. The molecule has 1 aliphatic heterocycles. The smallest absolute Gasteiger partial charge is 0.243 e. The lowest BCUT2D eigenvalue weighted by molar-refractivity contribution is 0.397. The van der Waals surface area contributed by atoms with Crippen molar-refractivity contribution in [3.8, 4) is 16.9 Å². The summed E-state index contributed by atoms with van der Waals surface area (Å²) < 4.78 is 35.6. The highest BCUT2D eigenvalue weighted by Crippen LogP contribution is 2.32. The summed E-state index contributed by atoms with van der Waals surface area (Å²) in [5, 5.41) is 8.04. The lowest BCUT2D eigenvalue weighted by Gasteiger charge is -2.21. The van der Waals surface area contributed by atoms with Gasteiger partial charge < -0.3 is 9.30 Å². The van der Waals surface area contributed by atoms with Crippen LogP contribution < -0.4 is 4.74 Å². The van der Waals surface area contributed by atoms with Crippen molar-refractivity contribution in [2.45, 2.75) is 30.8 Å². The zero-order valence-corrected chi connectivity index (χ0v) is 18.9. The highest BCUT2D eigenvalue weighted by molar-refractivity contribution is 7.89. The summed E-state index contributed by atoms with van der Waals surface area (Å²) in [6.07, 6.45) is 6.62. The number of rotatable bonds is 6. The van der Waals surface area contributed by atoms with Crippen molar-refractivity contribution in [3.63, 3.8) is 0 Å². The fourth-order valence-electron chi connectivity index (χ4n) is 4.70. The van der Waals surface area contributed by atoms with Crippen molar-refractivity contribution in [3.05, 3.63) is 67.1 Å². The molecule has 2 aromatic carbocycles. The van der Waals surface area contributed by atoms with Crippen LogP contribution >= 0.6 is 0 Å². The van der Waals surface area contributed by atoms with Gasteiger partial charge in [0.1, 0.15) is 5.75 Å². The van der Waals surface area contributed by atoms with Gasteiger partial charge in [-0.3, -0.25) is 5.10 Å². The maximum absolute atomic E-state index is 13.3. The number of nitrogens with zero attached hydrogens (tertiary/aromatic N) is 3. The Hall–Kier alpha value is -3.10. The standard InChI is InChI=1S/C24H26N4O3S/c1-17-10-18(16-28(17)32(29,30)23-5-3-4-22(12-23)31-2)15-27-9-8-20-11-19(6-7-24(20)27)21-13-25-26-14-21/h3-9,11-14,17-18H,10,15-16H2,1-2H3,(H,25,26)/t17-,18+/m0/s1. The lowest BCUT2D eigenvalue weighted by atomic mass is 10.1. The molecule has 3 heterocycles. The number of nitrogens with one attached hydrogen (secondary N) is 1. The van der Waals surface area contributed by atoms with Crippen molar-refractivity contribution < 1.29 is 13.2 Å². The molecule has 0 saturated carbocycles. The van der Waals surface area contributed by atoms with Gasteiger partial charge in [-0.1, -0.05) is 12.1 Å². The Balaban J connectivity index is 1.35. The molecular formula is C24H26N4O3S. The molecule has 0 radical (unpaired) electrons. The van der Waals surface area contributed by atoms with Gasteiger partial charge in [0.2, 0.25) is 10.0 Å². The summed E-state index contributed by atoms with van der Waals surface area (Å²) in [6.45, 7) is 3.28. The van der Waals surface area contributed by atoms with Crippen LogP contribution in [0.1, 0.15) is 13.3 Å². The zero-order chi connectivity index (χ0) is 22.3. The third-order valence-corrected chi connectivity index (χ3v) is 8.29. The van der Waals surface area contributed by atoms with Gasteiger partial charge in [0, 0.05) is 54.1 Å². The number of sulfonamides is 1. The molecule has 0 unspecified atom stereocenters. The van der Waals surface area contributed by atoms with Gasteiger partial charge in [-0.05, 0) is 55.2 Å². The van der Waals surface area contributed by atoms with E-state index in [9.17, 15) is 8.42 Å². The Morgan fingerprint density at radius 2 is 2.03 bits per heavy atom. The van der Waals surface area contributed by atoms with Crippen molar-refractivity contribution in [1.82, 2.24) is 19.1 Å². The molecule has 1 aliphatic rings. The third kappa shape index (κ3) is 3.69. The van der Waals surface area contributed by atoms with Gasteiger partial charge in [-0.25, -0.2) is 8.42 Å². The normalized spacial score (nSPS) is 19.6. The summed E-state index contributed by atoms with van der Waals surface area (Å²) in [5.74, 6) is 0.789. The van der Waals surface area contributed by atoms with E-state index < -0.39 is 10.0 Å². The molecule has 1 saturated heterocycles. The highest BCUT2D eigenvalue weighted by atomic mass is 32.2. The Kier molecular flexibility index (Phi) is 5.27. The molecule has 166 valence electrons. The minimum absolute atomic E-state index is 0.0503. The number of fused-ring (bicyclic) bond motifs is 1. The van der Waals surface area contributed by atoms with Crippen LogP contribution in [0.5, 0.6) is 5.75 Å². The molecule has 0 aliphatic carbocycles. The van der Waals surface area contributed by atoms with Crippen LogP contribution in [-0.4, -0.2) is 47.2 Å². The van der Waals surface area contributed by atoms with Gasteiger partial charge in [-0.15, -0.1) is 0 Å². The van der Waals surface area contributed by atoms with Crippen LogP contribution in [0.15, 0.2) is 72.0 Å². The van der Waals surface area contributed by atoms with Crippen LogP contribution in [0.2, 0.25) is 0 Å².